The Hall–Kier alpha value is -3.02. The van der Waals surface area contributed by atoms with Crippen molar-refractivity contribution in [3.8, 4) is 0 Å². The van der Waals surface area contributed by atoms with Crippen LogP contribution >= 0.6 is 0 Å². The first-order valence-electron chi connectivity index (χ1n) is 7.91. The number of hydrazone groups is 1. The van der Waals surface area contributed by atoms with Gasteiger partial charge in [-0.2, -0.15) is 5.10 Å². The van der Waals surface area contributed by atoms with Gasteiger partial charge >= 0.3 is 11.8 Å². The summed E-state index contributed by atoms with van der Waals surface area (Å²) in [4.78, 5) is 23.4. The molecule has 0 aromatic heterocycles. The normalized spacial score (nSPS) is 10.9. The monoisotopic (exact) mass is 341 g/mol. The number of hydrogen-bond donors (Lipinski definition) is 2. The SMILES string of the molecule is CC(C)c1ccc(CNC(=O)C(=O)N/N=C\c2ccc(F)cc2)cc1. The minimum Gasteiger partial charge on any atom is -0.344 e. The van der Waals surface area contributed by atoms with Gasteiger partial charge in [0.05, 0.1) is 6.21 Å². The molecule has 5 nitrogen and oxygen atoms in total. The van der Waals surface area contributed by atoms with Gasteiger partial charge < -0.3 is 5.32 Å². The number of benzene rings is 2. The Labute approximate surface area is 145 Å². The highest BCUT2D eigenvalue weighted by Crippen LogP contribution is 2.14. The molecular weight excluding hydrogens is 321 g/mol. The molecule has 130 valence electrons. The zero-order valence-corrected chi connectivity index (χ0v) is 14.1. The summed E-state index contributed by atoms with van der Waals surface area (Å²) in [6.45, 7) is 4.47. The van der Waals surface area contributed by atoms with Crippen molar-refractivity contribution < 1.29 is 14.0 Å². The smallest absolute Gasteiger partial charge is 0.329 e. The lowest BCUT2D eigenvalue weighted by atomic mass is 10.0. The van der Waals surface area contributed by atoms with Crippen molar-refractivity contribution in [3.63, 3.8) is 0 Å². The van der Waals surface area contributed by atoms with E-state index in [0.717, 1.165) is 5.56 Å². The lowest BCUT2D eigenvalue weighted by Gasteiger charge is -2.07. The molecule has 2 amide bonds. The van der Waals surface area contributed by atoms with Crippen molar-refractivity contribution >= 4 is 18.0 Å². The third kappa shape index (κ3) is 5.84. The molecule has 2 aromatic rings. The highest BCUT2D eigenvalue weighted by atomic mass is 19.1. The molecule has 0 unspecified atom stereocenters. The van der Waals surface area contributed by atoms with Crippen LogP contribution in [0.5, 0.6) is 0 Å². The maximum atomic E-state index is 12.8. The average Bonchev–Trinajstić information content (AvgIpc) is 2.61. The Morgan fingerprint density at radius 1 is 1.04 bits per heavy atom. The van der Waals surface area contributed by atoms with Gasteiger partial charge in [0.2, 0.25) is 0 Å². The van der Waals surface area contributed by atoms with Crippen molar-refractivity contribution in [1.82, 2.24) is 10.7 Å². The van der Waals surface area contributed by atoms with Crippen LogP contribution in [-0.4, -0.2) is 18.0 Å². The summed E-state index contributed by atoms with van der Waals surface area (Å²) in [5.74, 6) is -1.56. The van der Waals surface area contributed by atoms with Crippen molar-refractivity contribution in [1.29, 1.82) is 0 Å². The second kappa shape index (κ2) is 8.73. The lowest BCUT2D eigenvalue weighted by Crippen LogP contribution is -2.37. The second-order valence-electron chi connectivity index (χ2n) is 5.83. The van der Waals surface area contributed by atoms with Crippen LogP contribution in [0.3, 0.4) is 0 Å². The maximum absolute atomic E-state index is 12.8. The fourth-order valence-corrected chi connectivity index (χ4v) is 2.05. The predicted molar refractivity (Wildman–Crippen MR) is 94.5 cm³/mol. The van der Waals surface area contributed by atoms with Gasteiger partial charge in [0.15, 0.2) is 0 Å². The molecule has 0 radical (unpaired) electrons. The van der Waals surface area contributed by atoms with Crippen molar-refractivity contribution in [3.05, 3.63) is 71.0 Å². The van der Waals surface area contributed by atoms with Gasteiger partial charge in [-0.25, -0.2) is 9.82 Å². The topological polar surface area (TPSA) is 70.6 Å². The first-order chi connectivity index (χ1) is 12.0. The Bertz CT molecular complexity index is 753. The number of amides is 2. The van der Waals surface area contributed by atoms with E-state index in [0.29, 0.717) is 11.5 Å². The van der Waals surface area contributed by atoms with Gasteiger partial charge in [0.1, 0.15) is 5.82 Å². The minimum atomic E-state index is -0.864. The standard InChI is InChI=1S/C19H20FN3O2/c1-13(2)16-7-3-14(4-8-16)11-21-18(24)19(25)23-22-12-15-5-9-17(20)10-6-15/h3-10,12-13H,11H2,1-2H3,(H,21,24)(H,23,25)/b22-12-. The molecule has 0 spiro atoms. The molecule has 0 heterocycles. The average molecular weight is 341 g/mol. The maximum Gasteiger partial charge on any atom is 0.329 e. The number of rotatable bonds is 5. The molecular formula is C19H20FN3O2. The van der Waals surface area contributed by atoms with Gasteiger partial charge in [0.25, 0.3) is 0 Å². The lowest BCUT2D eigenvalue weighted by molar-refractivity contribution is -0.139. The summed E-state index contributed by atoms with van der Waals surface area (Å²) in [5, 5.41) is 6.20. The molecule has 25 heavy (non-hydrogen) atoms. The van der Waals surface area contributed by atoms with E-state index in [1.165, 1.54) is 36.0 Å². The molecule has 0 fully saturated rings. The number of nitrogens with one attached hydrogen (secondary N) is 2. The molecule has 2 rings (SSSR count). The van der Waals surface area contributed by atoms with Gasteiger partial charge in [-0.3, -0.25) is 9.59 Å². The Morgan fingerprint density at radius 2 is 1.68 bits per heavy atom. The van der Waals surface area contributed by atoms with E-state index in [9.17, 15) is 14.0 Å². The van der Waals surface area contributed by atoms with Crippen molar-refractivity contribution in [2.45, 2.75) is 26.3 Å². The third-order valence-electron chi connectivity index (χ3n) is 3.56. The molecule has 0 saturated carbocycles. The quantitative estimate of drug-likeness (QED) is 0.499. The van der Waals surface area contributed by atoms with E-state index >= 15 is 0 Å². The summed E-state index contributed by atoms with van der Waals surface area (Å²) < 4.78 is 12.8. The molecule has 2 aromatic carbocycles. The highest BCUT2D eigenvalue weighted by molar-refractivity contribution is 6.35. The van der Waals surface area contributed by atoms with Gasteiger partial charge in [-0.15, -0.1) is 0 Å². The van der Waals surface area contributed by atoms with E-state index in [4.69, 9.17) is 0 Å². The van der Waals surface area contributed by atoms with E-state index < -0.39 is 11.8 Å². The number of carbonyl (C=O) groups is 2. The van der Waals surface area contributed by atoms with E-state index in [1.54, 1.807) is 0 Å². The summed E-state index contributed by atoms with van der Waals surface area (Å²) in [6.07, 6.45) is 1.33. The molecule has 0 aliphatic rings. The molecule has 6 heteroatoms. The summed E-state index contributed by atoms with van der Waals surface area (Å²) in [7, 11) is 0. The summed E-state index contributed by atoms with van der Waals surface area (Å²) >= 11 is 0. The molecule has 0 saturated heterocycles. The Morgan fingerprint density at radius 3 is 2.28 bits per heavy atom. The second-order valence-corrected chi connectivity index (χ2v) is 5.83. The van der Waals surface area contributed by atoms with Crippen LogP contribution in [0.25, 0.3) is 0 Å². The zero-order chi connectivity index (χ0) is 18.2. The first-order valence-corrected chi connectivity index (χ1v) is 7.91. The van der Waals surface area contributed by atoms with Gasteiger partial charge in [-0.05, 0) is 34.7 Å². The van der Waals surface area contributed by atoms with E-state index in [2.05, 4.69) is 29.7 Å². The summed E-state index contributed by atoms with van der Waals surface area (Å²) in [6, 6.07) is 13.4. The van der Waals surface area contributed by atoms with Crippen LogP contribution in [0.4, 0.5) is 4.39 Å². The highest BCUT2D eigenvalue weighted by Gasteiger charge is 2.11. The minimum absolute atomic E-state index is 0.256. The fraction of sp³-hybridized carbons (Fsp3) is 0.211. The Balaban J connectivity index is 1.79. The molecule has 0 bridgehead atoms. The number of halogens is 1. The van der Waals surface area contributed by atoms with Gasteiger partial charge in [0, 0.05) is 6.54 Å². The van der Waals surface area contributed by atoms with Crippen molar-refractivity contribution in [2.75, 3.05) is 0 Å². The molecule has 2 N–H and O–H groups in total. The van der Waals surface area contributed by atoms with Crippen molar-refractivity contribution in [2.24, 2.45) is 5.10 Å². The Kier molecular flexibility index (Phi) is 6.39. The summed E-state index contributed by atoms with van der Waals surface area (Å²) in [5.41, 5.74) is 4.85. The fourth-order valence-electron chi connectivity index (χ4n) is 2.05. The predicted octanol–water partition coefficient (Wildman–Crippen LogP) is 2.72. The molecule has 0 aliphatic carbocycles. The first kappa shape index (κ1) is 18.3. The van der Waals surface area contributed by atoms with Crippen LogP contribution in [0.1, 0.15) is 36.5 Å². The third-order valence-corrected chi connectivity index (χ3v) is 3.56. The zero-order valence-electron chi connectivity index (χ0n) is 14.1. The number of nitrogens with zero attached hydrogens (tertiary/aromatic N) is 1. The molecule has 0 aliphatic heterocycles. The number of carbonyl (C=O) groups excluding carboxylic acids is 2. The van der Waals surface area contributed by atoms with E-state index in [1.807, 2.05) is 24.3 Å². The largest absolute Gasteiger partial charge is 0.344 e. The van der Waals surface area contributed by atoms with Crippen LogP contribution in [-0.2, 0) is 16.1 Å². The van der Waals surface area contributed by atoms with Crippen LogP contribution < -0.4 is 10.7 Å². The van der Waals surface area contributed by atoms with Crippen LogP contribution in [0.15, 0.2) is 53.6 Å². The van der Waals surface area contributed by atoms with Crippen LogP contribution in [0.2, 0.25) is 0 Å². The van der Waals surface area contributed by atoms with Crippen LogP contribution in [0, 0.1) is 5.82 Å². The molecule has 0 atom stereocenters. The van der Waals surface area contributed by atoms with Gasteiger partial charge in [-0.1, -0.05) is 50.2 Å². The number of hydrogen-bond acceptors (Lipinski definition) is 3. The van der Waals surface area contributed by atoms with E-state index in [-0.39, 0.29) is 12.4 Å².